The predicted molar refractivity (Wildman–Crippen MR) is 119 cm³/mol. The average molecular weight is 409 g/mol. The number of benzene rings is 2. The van der Waals surface area contributed by atoms with Crippen LogP contribution in [0.2, 0.25) is 0 Å². The van der Waals surface area contributed by atoms with Crippen molar-refractivity contribution in [3.63, 3.8) is 0 Å². The Balaban J connectivity index is 1.61. The molecule has 1 unspecified atom stereocenters. The van der Waals surface area contributed by atoms with E-state index in [4.69, 9.17) is 9.47 Å². The minimum Gasteiger partial charge on any atom is -0.494 e. The van der Waals surface area contributed by atoms with E-state index >= 15 is 0 Å². The van der Waals surface area contributed by atoms with Gasteiger partial charge in [-0.1, -0.05) is 39.3 Å². The molecule has 0 saturated carbocycles. The lowest BCUT2D eigenvalue weighted by Gasteiger charge is -2.13. The Morgan fingerprint density at radius 2 is 1.37 bits per heavy atom. The van der Waals surface area contributed by atoms with E-state index in [1.807, 2.05) is 62.4 Å². The van der Waals surface area contributed by atoms with Crippen molar-refractivity contribution < 1.29 is 13.9 Å². The van der Waals surface area contributed by atoms with Crippen molar-refractivity contribution in [2.45, 2.75) is 39.8 Å². The fraction of sp³-hybridized carbons (Fsp3) is 0.360. The first-order chi connectivity index (χ1) is 14.6. The third-order valence-electron chi connectivity index (χ3n) is 4.85. The molecule has 1 aromatic heterocycles. The zero-order valence-corrected chi connectivity index (χ0v) is 17.8. The van der Waals surface area contributed by atoms with Crippen LogP contribution >= 0.6 is 0 Å². The highest BCUT2D eigenvalue weighted by Crippen LogP contribution is 2.24. The number of unbranched alkanes of at least 4 members (excludes halogenated alkanes) is 1. The van der Waals surface area contributed by atoms with Gasteiger partial charge in [-0.05, 0) is 54.3 Å². The highest BCUT2D eigenvalue weighted by atomic mass is 19.1. The van der Waals surface area contributed by atoms with Gasteiger partial charge in [0, 0.05) is 23.5 Å². The summed E-state index contributed by atoms with van der Waals surface area (Å²) in [6, 6.07) is 15.4. The smallest absolute Gasteiger partial charge is 0.159 e. The van der Waals surface area contributed by atoms with Gasteiger partial charge in [-0.15, -0.1) is 0 Å². The number of hydrogen-bond acceptors (Lipinski definition) is 4. The first-order valence-electron chi connectivity index (χ1n) is 10.5. The van der Waals surface area contributed by atoms with Crippen LogP contribution in [0.15, 0.2) is 60.9 Å². The molecule has 1 atom stereocenters. The molecule has 0 aliphatic heterocycles. The molecule has 0 fully saturated rings. The second-order valence-electron chi connectivity index (χ2n) is 7.62. The van der Waals surface area contributed by atoms with Gasteiger partial charge in [0.25, 0.3) is 0 Å². The maximum atomic E-state index is 13.7. The third-order valence-corrected chi connectivity index (χ3v) is 4.85. The quantitative estimate of drug-likeness (QED) is 0.366. The molecular weight excluding hydrogens is 379 g/mol. The fourth-order valence-corrected chi connectivity index (χ4v) is 2.77. The highest BCUT2D eigenvalue weighted by Gasteiger charge is 2.12. The molecule has 0 saturated heterocycles. The van der Waals surface area contributed by atoms with Gasteiger partial charge >= 0.3 is 0 Å². The molecule has 0 amide bonds. The molecule has 1 heterocycles. The lowest BCUT2D eigenvalue weighted by atomic mass is 10.1. The Labute approximate surface area is 178 Å². The minimum atomic E-state index is -0.970. The molecule has 0 bridgehead atoms. The topological polar surface area (TPSA) is 44.2 Å². The van der Waals surface area contributed by atoms with Crippen LogP contribution in [-0.4, -0.2) is 29.4 Å². The molecule has 4 nitrogen and oxygen atoms in total. The molecule has 158 valence electrons. The van der Waals surface area contributed by atoms with Gasteiger partial charge < -0.3 is 9.47 Å². The highest BCUT2D eigenvalue weighted by molar-refractivity contribution is 5.64. The van der Waals surface area contributed by atoms with Crippen LogP contribution in [0.1, 0.15) is 33.6 Å². The number of ether oxygens (including phenoxy) is 2. The lowest BCUT2D eigenvalue weighted by Crippen LogP contribution is -2.18. The van der Waals surface area contributed by atoms with Crippen molar-refractivity contribution in [1.82, 2.24) is 9.97 Å². The minimum absolute atomic E-state index is 0.0512. The Hall–Kier alpha value is -2.95. The molecule has 30 heavy (non-hydrogen) atoms. The van der Waals surface area contributed by atoms with Crippen LogP contribution in [0.5, 0.6) is 11.5 Å². The summed E-state index contributed by atoms with van der Waals surface area (Å²) in [4.78, 5) is 9.00. The van der Waals surface area contributed by atoms with Crippen molar-refractivity contribution in [3.8, 4) is 34.0 Å². The van der Waals surface area contributed by atoms with Crippen molar-refractivity contribution >= 4 is 0 Å². The Morgan fingerprint density at radius 3 is 1.93 bits per heavy atom. The van der Waals surface area contributed by atoms with E-state index in [1.54, 1.807) is 12.4 Å². The molecule has 0 spiro atoms. The lowest BCUT2D eigenvalue weighted by molar-refractivity contribution is 0.155. The van der Waals surface area contributed by atoms with E-state index in [0.29, 0.717) is 11.6 Å². The monoisotopic (exact) mass is 408 g/mol. The number of aromatic nitrogens is 2. The van der Waals surface area contributed by atoms with Crippen LogP contribution in [0.4, 0.5) is 4.39 Å². The van der Waals surface area contributed by atoms with Gasteiger partial charge in [-0.3, -0.25) is 0 Å². The normalized spacial score (nSPS) is 12.0. The van der Waals surface area contributed by atoms with E-state index < -0.39 is 6.17 Å². The summed E-state index contributed by atoms with van der Waals surface area (Å²) < 4.78 is 24.9. The maximum Gasteiger partial charge on any atom is 0.159 e. The van der Waals surface area contributed by atoms with Crippen LogP contribution in [0.3, 0.4) is 0 Å². The second-order valence-corrected chi connectivity index (χ2v) is 7.62. The van der Waals surface area contributed by atoms with E-state index in [1.165, 1.54) is 0 Å². The van der Waals surface area contributed by atoms with Crippen molar-refractivity contribution in [1.29, 1.82) is 0 Å². The predicted octanol–water partition coefficient (Wildman–Crippen LogP) is 6.36. The van der Waals surface area contributed by atoms with Crippen LogP contribution in [-0.2, 0) is 0 Å². The van der Waals surface area contributed by atoms with Gasteiger partial charge in [0.1, 0.15) is 24.3 Å². The van der Waals surface area contributed by atoms with Crippen LogP contribution in [0.25, 0.3) is 22.5 Å². The van der Waals surface area contributed by atoms with E-state index in [-0.39, 0.29) is 12.5 Å². The largest absolute Gasteiger partial charge is 0.494 e. The summed E-state index contributed by atoms with van der Waals surface area (Å²) in [5.41, 5.74) is 2.84. The number of nitrogens with zero attached hydrogens (tertiary/aromatic N) is 2. The molecule has 3 aromatic rings. The summed E-state index contributed by atoms with van der Waals surface area (Å²) >= 11 is 0. The summed E-state index contributed by atoms with van der Waals surface area (Å²) in [5, 5.41) is 0. The van der Waals surface area contributed by atoms with Crippen molar-refractivity contribution in [3.05, 3.63) is 60.9 Å². The Morgan fingerprint density at radius 1 is 0.800 bits per heavy atom. The molecule has 0 aliphatic carbocycles. The first-order valence-corrected chi connectivity index (χ1v) is 10.5. The second kappa shape index (κ2) is 10.7. The SMILES string of the molecule is CCCCOc1ccc(-c2ncc(-c3ccc(OCC(F)C(C)C)cc3)cn2)cc1. The Bertz CT molecular complexity index is 894. The summed E-state index contributed by atoms with van der Waals surface area (Å²) in [7, 11) is 0. The van der Waals surface area contributed by atoms with Gasteiger partial charge in [0.15, 0.2) is 5.82 Å². The summed E-state index contributed by atoms with van der Waals surface area (Å²) in [5.74, 6) is 2.13. The molecule has 2 aromatic carbocycles. The molecule has 0 radical (unpaired) electrons. The van der Waals surface area contributed by atoms with Gasteiger partial charge in [-0.25, -0.2) is 14.4 Å². The third kappa shape index (κ3) is 6.02. The van der Waals surface area contributed by atoms with Crippen molar-refractivity contribution in [2.75, 3.05) is 13.2 Å². The molecular formula is C25H29FN2O2. The number of alkyl halides is 1. The standard InChI is InChI=1S/C25H29FN2O2/c1-4-5-14-29-22-12-8-20(9-13-22)25-27-15-21(16-28-25)19-6-10-23(11-7-19)30-17-24(26)18(2)3/h6-13,15-16,18,24H,4-5,14,17H2,1-3H3. The van der Waals surface area contributed by atoms with Gasteiger partial charge in [0.05, 0.1) is 6.61 Å². The van der Waals surface area contributed by atoms with E-state index in [9.17, 15) is 4.39 Å². The zero-order valence-electron chi connectivity index (χ0n) is 17.8. The van der Waals surface area contributed by atoms with E-state index in [0.717, 1.165) is 41.9 Å². The molecule has 3 rings (SSSR count). The van der Waals surface area contributed by atoms with E-state index in [2.05, 4.69) is 16.9 Å². The zero-order chi connectivity index (χ0) is 21.3. The number of halogens is 1. The molecule has 5 heteroatoms. The van der Waals surface area contributed by atoms with Crippen molar-refractivity contribution in [2.24, 2.45) is 5.92 Å². The average Bonchev–Trinajstić information content (AvgIpc) is 2.78. The maximum absolute atomic E-state index is 13.7. The summed E-state index contributed by atoms with van der Waals surface area (Å²) in [6.07, 6.45) is 4.81. The van der Waals surface area contributed by atoms with Crippen LogP contribution in [0, 0.1) is 5.92 Å². The number of rotatable bonds is 10. The van der Waals surface area contributed by atoms with Gasteiger partial charge in [0.2, 0.25) is 0 Å². The Kier molecular flexibility index (Phi) is 7.77. The summed E-state index contributed by atoms with van der Waals surface area (Å²) in [6.45, 7) is 6.63. The van der Waals surface area contributed by atoms with Crippen LogP contribution < -0.4 is 9.47 Å². The number of hydrogen-bond donors (Lipinski definition) is 0. The molecule has 0 aliphatic rings. The first kappa shape index (κ1) is 21.8. The fourth-order valence-electron chi connectivity index (χ4n) is 2.77. The van der Waals surface area contributed by atoms with Gasteiger partial charge in [-0.2, -0.15) is 0 Å². The molecule has 0 N–H and O–H groups in total.